The number of oxime groups is 1. The Morgan fingerprint density at radius 3 is 2.62 bits per heavy atom. The number of benzene rings is 1. The number of hydrogen-bond acceptors (Lipinski definition) is 5. The van der Waals surface area contributed by atoms with Crippen molar-refractivity contribution in [1.82, 2.24) is 10.4 Å². The lowest BCUT2D eigenvalue weighted by atomic mass is 9.86. The molecular weight excluding hydrogens is 330 g/mol. The zero-order valence-corrected chi connectivity index (χ0v) is 15.2. The quantitative estimate of drug-likeness (QED) is 0.897. The Morgan fingerprint density at radius 1 is 1.15 bits per heavy atom. The smallest absolute Gasteiger partial charge is 0.388 e. The van der Waals surface area contributed by atoms with Crippen LogP contribution in [0.25, 0.3) is 0 Å². The lowest BCUT2D eigenvalue weighted by Crippen LogP contribution is -2.47. The highest BCUT2D eigenvalue weighted by Crippen LogP contribution is 2.36. The van der Waals surface area contributed by atoms with Gasteiger partial charge in [-0.25, -0.2) is 4.79 Å². The summed E-state index contributed by atoms with van der Waals surface area (Å²) in [5, 5.41) is 9.08. The van der Waals surface area contributed by atoms with Gasteiger partial charge in [0.15, 0.2) is 0 Å². The van der Waals surface area contributed by atoms with Crippen LogP contribution in [0.4, 0.5) is 4.79 Å². The molecule has 0 atom stereocenters. The minimum atomic E-state index is -0.318. The van der Waals surface area contributed by atoms with Gasteiger partial charge < -0.3 is 15.0 Å². The monoisotopic (exact) mass is 357 g/mol. The van der Waals surface area contributed by atoms with Gasteiger partial charge in [0, 0.05) is 38.4 Å². The maximum atomic E-state index is 12.1. The van der Waals surface area contributed by atoms with Gasteiger partial charge in [-0.1, -0.05) is 54.8 Å². The van der Waals surface area contributed by atoms with E-state index < -0.39 is 0 Å². The van der Waals surface area contributed by atoms with Crippen LogP contribution in [0, 0.1) is 0 Å². The Labute approximate surface area is 154 Å². The number of carbonyl (C=O) groups is 1. The van der Waals surface area contributed by atoms with Crippen LogP contribution >= 0.6 is 0 Å². The van der Waals surface area contributed by atoms with Crippen LogP contribution in [0.1, 0.15) is 56.9 Å². The first kappa shape index (κ1) is 17.3. The number of carbonyl (C=O) groups excluding carboxylic acids is 1. The molecule has 6 heteroatoms. The van der Waals surface area contributed by atoms with E-state index >= 15 is 0 Å². The second-order valence-electron chi connectivity index (χ2n) is 7.64. The van der Waals surface area contributed by atoms with Crippen molar-refractivity contribution >= 4 is 11.8 Å². The predicted molar refractivity (Wildman–Crippen MR) is 98.7 cm³/mol. The molecule has 0 unspecified atom stereocenters. The third kappa shape index (κ3) is 4.01. The zero-order valence-electron chi connectivity index (χ0n) is 15.2. The lowest BCUT2D eigenvalue weighted by Gasteiger charge is -2.36. The highest BCUT2D eigenvalue weighted by atomic mass is 16.7. The third-order valence-corrected chi connectivity index (χ3v) is 5.72. The van der Waals surface area contributed by atoms with E-state index in [-0.39, 0.29) is 17.7 Å². The van der Waals surface area contributed by atoms with Gasteiger partial charge in [0.2, 0.25) is 0 Å². The molecule has 1 aromatic carbocycles. The Balaban J connectivity index is 1.24. The predicted octanol–water partition coefficient (Wildman–Crippen LogP) is 3.62. The average Bonchev–Trinajstić information content (AvgIpc) is 3.09. The first-order chi connectivity index (χ1) is 12.7. The van der Waals surface area contributed by atoms with E-state index in [4.69, 9.17) is 9.68 Å². The van der Waals surface area contributed by atoms with E-state index in [9.17, 15) is 4.79 Å². The molecule has 0 radical (unpaired) electrons. The van der Waals surface area contributed by atoms with Crippen LogP contribution in [-0.4, -0.2) is 41.6 Å². The summed E-state index contributed by atoms with van der Waals surface area (Å²) in [4.78, 5) is 23.4. The van der Waals surface area contributed by atoms with Crippen LogP contribution in [-0.2, 0) is 9.68 Å². The number of rotatable bonds is 3. The summed E-state index contributed by atoms with van der Waals surface area (Å²) < 4.78 is 0. The molecule has 2 aliphatic heterocycles. The van der Waals surface area contributed by atoms with Crippen LogP contribution in [0.5, 0.6) is 0 Å². The van der Waals surface area contributed by atoms with Gasteiger partial charge in [-0.15, -0.1) is 5.06 Å². The van der Waals surface area contributed by atoms with Crippen LogP contribution in [0.3, 0.4) is 0 Å². The molecule has 1 saturated carbocycles. The molecular formula is C20H27N3O3. The van der Waals surface area contributed by atoms with Gasteiger partial charge in [-0.3, -0.25) is 0 Å². The Hall–Kier alpha value is -2.08. The molecule has 1 N–H and O–H groups in total. The standard InChI is InChI=1S/C20H27N3O3/c24-19(21-17-9-5-2-6-10-17)25-23-13-11-20(12-14-23)15-18(22-26-20)16-7-3-1-4-8-16/h1,3-4,7-8,17H,2,5-6,9-15H2,(H,21,24). The van der Waals surface area contributed by atoms with Crippen molar-refractivity contribution in [2.75, 3.05) is 13.1 Å². The molecule has 1 aromatic rings. The molecule has 1 saturated heterocycles. The van der Waals surface area contributed by atoms with E-state index in [0.29, 0.717) is 13.1 Å². The number of hydrogen-bond donors (Lipinski definition) is 1. The molecule has 1 spiro atoms. The molecule has 6 nitrogen and oxygen atoms in total. The molecule has 2 heterocycles. The SMILES string of the molecule is O=C(NC1CCCCC1)ON1CCC2(CC1)CC(c1ccccc1)=NO2. The number of hydroxylamine groups is 2. The van der Waals surface area contributed by atoms with Crippen molar-refractivity contribution in [2.24, 2.45) is 5.16 Å². The van der Waals surface area contributed by atoms with E-state index in [1.807, 2.05) is 18.2 Å². The topological polar surface area (TPSA) is 63.2 Å². The summed E-state index contributed by atoms with van der Waals surface area (Å²) >= 11 is 0. The van der Waals surface area contributed by atoms with E-state index in [1.165, 1.54) is 19.3 Å². The Bertz CT molecular complexity index is 648. The molecule has 2 fully saturated rings. The number of nitrogens with zero attached hydrogens (tertiary/aromatic N) is 2. The third-order valence-electron chi connectivity index (χ3n) is 5.72. The van der Waals surface area contributed by atoms with Crippen molar-refractivity contribution in [3.63, 3.8) is 0 Å². The fourth-order valence-electron chi connectivity index (χ4n) is 4.12. The van der Waals surface area contributed by atoms with E-state index in [1.54, 1.807) is 5.06 Å². The first-order valence-corrected chi connectivity index (χ1v) is 9.76. The van der Waals surface area contributed by atoms with Gasteiger partial charge in [0.1, 0.15) is 5.60 Å². The van der Waals surface area contributed by atoms with Crippen molar-refractivity contribution in [3.8, 4) is 0 Å². The fraction of sp³-hybridized carbons (Fsp3) is 0.600. The first-order valence-electron chi connectivity index (χ1n) is 9.76. The molecule has 0 bridgehead atoms. The summed E-state index contributed by atoms with van der Waals surface area (Å²) in [7, 11) is 0. The van der Waals surface area contributed by atoms with Gasteiger partial charge in [-0.2, -0.15) is 0 Å². The highest BCUT2D eigenvalue weighted by Gasteiger charge is 2.43. The summed E-state index contributed by atoms with van der Waals surface area (Å²) in [5.74, 6) is 0. The molecule has 0 aromatic heterocycles. The summed E-state index contributed by atoms with van der Waals surface area (Å²) in [6.45, 7) is 1.35. The second kappa shape index (κ2) is 7.66. The Kier molecular flexibility index (Phi) is 5.11. The molecule has 140 valence electrons. The largest absolute Gasteiger partial charge is 0.426 e. The maximum Gasteiger partial charge on any atom is 0.426 e. The highest BCUT2D eigenvalue weighted by molar-refractivity contribution is 6.01. The van der Waals surface area contributed by atoms with Crippen LogP contribution in [0.2, 0.25) is 0 Å². The lowest BCUT2D eigenvalue weighted by molar-refractivity contribution is -0.158. The van der Waals surface area contributed by atoms with E-state index in [0.717, 1.165) is 43.4 Å². The minimum Gasteiger partial charge on any atom is -0.388 e. The normalized spacial score (nSPS) is 23.3. The molecule has 26 heavy (non-hydrogen) atoms. The summed E-state index contributed by atoms with van der Waals surface area (Å²) in [6.07, 6.45) is 7.90. The maximum absolute atomic E-state index is 12.1. The van der Waals surface area contributed by atoms with E-state index in [2.05, 4.69) is 22.6 Å². The second-order valence-corrected chi connectivity index (χ2v) is 7.64. The number of piperidine rings is 1. The minimum absolute atomic E-state index is 0.245. The van der Waals surface area contributed by atoms with Crippen LogP contribution < -0.4 is 5.32 Å². The summed E-state index contributed by atoms with van der Waals surface area (Å²) in [6, 6.07) is 10.4. The number of amides is 1. The van der Waals surface area contributed by atoms with Gasteiger partial charge in [-0.05, 0) is 18.4 Å². The van der Waals surface area contributed by atoms with Crippen molar-refractivity contribution < 1.29 is 14.5 Å². The molecule has 1 amide bonds. The molecule has 3 aliphatic rings. The van der Waals surface area contributed by atoms with Crippen LogP contribution in [0.15, 0.2) is 35.5 Å². The molecule has 4 rings (SSSR count). The summed E-state index contributed by atoms with van der Waals surface area (Å²) in [5.41, 5.74) is 1.88. The van der Waals surface area contributed by atoms with Gasteiger partial charge in [0.05, 0.1) is 5.71 Å². The Morgan fingerprint density at radius 2 is 1.88 bits per heavy atom. The van der Waals surface area contributed by atoms with Crippen molar-refractivity contribution in [2.45, 2.75) is 63.0 Å². The fourth-order valence-corrected chi connectivity index (χ4v) is 4.12. The number of nitrogens with one attached hydrogen (secondary N) is 1. The van der Waals surface area contributed by atoms with Crippen molar-refractivity contribution in [3.05, 3.63) is 35.9 Å². The van der Waals surface area contributed by atoms with Gasteiger partial charge >= 0.3 is 6.09 Å². The zero-order chi connectivity index (χ0) is 17.8. The van der Waals surface area contributed by atoms with Crippen molar-refractivity contribution in [1.29, 1.82) is 0 Å². The van der Waals surface area contributed by atoms with Gasteiger partial charge in [0.25, 0.3) is 0 Å². The average molecular weight is 357 g/mol. The molecule has 1 aliphatic carbocycles.